The van der Waals surface area contributed by atoms with Gasteiger partial charge in [0.1, 0.15) is 5.82 Å². The SMILES string of the molecule is Cc1cc(F)ccc1N1CCC(N2C[C@@H](Cc3ccncc3)[C@H](O)C2)CC1. The summed E-state index contributed by atoms with van der Waals surface area (Å²) in [7, 11) is 0. The largest absolute Gasteiger partial charge is 0.391 e. The van der Waals surface area contributed by atoms with Crippen molar-refractivity contribution in [1.29, 1.82) is 0 Å². The van der Waals surface area contributed by atoms with Crippen molar-refractivity contribution in [3.8, 4) is 0 Å². The Hall–Kier alpha value is -1.98. The van der Waals surface area contributed by atoms with Crippen molar-refractivity contribution in [2.75, 3.05) is 31.1 Å². The molecule has 0 amide bonds. The van der Waals surface area contributed by atoms with E-state index >= 15 is 0 Å². The van der Waals surface area contributed by atoms with Crippen LogP contribution in [0.25, 0.3) is 0 Å². The topological polar surface area (TPSA) is 39.6 Å². The number of anilines is 1. The first-order valence-corrected chi connectivity index (χ1v) is 9.92. The molecule has 2 aliphatic heterocycles. The number of β-amino-alcohol motifs (C(OH)–C–C–N with tert-alkyl or cyclic N) is 1. The van der Waals surface area contributed by atoms with Gasteiger partial charge >= 0.3 is 0 Å². The first-order valence-electron chi connectivity index (χ1n) is 9.92. The molecule has 4 rings (SSSR count). The lowest BCUT2D eigenvalue weighted by atomic mass is 9.97. The van der Waals surface area contributed by atoms with Gasteiger partial charge in [-0.2, -0.15) is 0 Å². The lowest BCUT2D eigenvalue weighted by molar-refractivity contribution is 0.132. The number of piperidine rings is 1. The van der Waals surface area contributed by atoms with Crippen LogP contribution < -0.4 is 4.90 Å². The van der Waals surface area contributed by atoms with Gasteiger partial charge in [-0.05, 0) is 67.6 Å². The van der Waals surface area contributed by atoms with Crippen molar-refractivity contribution < 1.29 is 9.50 Å². The second kappa shape index (κ2) is 7.95. The lowest BCUT2D eigenvalue weighted by Gasteiger charge is -2.38. The quantitative estimate of drug-likeness (QED) is 0.899. The molecule has 0 spiro atoms. The van der Waals surface area contributed by atoms with Crippen molar-refractivity contribution in [3.05, 3.63) is 59.7 Å². The van der Waals surface area contributed by atoms with Crippen LogP contribution in [0.4, 0.5) is 10.1 Å². The third kappa shape index (κ3) is 4.14. The summed E-state index contributed by atoms with van der Waals surface area (Å²) < 4.78 is 13.4. The molecule has 0 aliphatic carbocycles. The van der Waals surface area contributed by atoms with Crippen LogP contribution in [0.5, 0.6) is 0 Å². The lowest BCUT2D eigenvalue weighted by Crippen LogP contribution is -2.44. The second-order valence-electron chi connectivity index (χ2n) is 7.99. The molecule has 2 aliphatic rings. The summed E-state index contributed by atoms with van der Waals surface area (Å²) in [5, 5.41) is 10.5. The summed E-state index contributed by atoms with van der Waals surface area (Å²) in [6.07, 6.45) is 6.48. The third-order valence-corrected chi connectivity index (χ3v) is 6.16. The van der Waals surface area contributed by atoms with E-state index in [2.05, 4.69) is 14.8 Å². The minimum absolute atomic E-state index is 0.169. The predicted octanol–water partition coefficient (Wildman–Crippen LogP) is 3.03. The highest BCUT2D eigenvalue weighted by Crippen LogP contribution is 2.30. The molecule has 0 unspecified atom stereocenters. The van der Waals surface area contributed by atoms with Crippen molar-refractivity contribution in [1.82, 2.24) is 9.88 Å². The molecule has 0 saturated carbocycles. The van der Waals surface area contributed by atoms with E-state index in [1.807, 2.05) is 37.5 Å². The number of likely N-dealkylation sites (tertiary alicyclic amines) is 1. The standard InChI is InChI=1S/C22H28FN3O/c1-16-12-19(23)2-3-21(16)25-10-6-20(7-11-25)26-14-18(22(27)15-26)13-17-4-8-24-9-5-17/h2-5,8-9,12,18,20,22,27H,6-7,10-11,13-15H2,1H3/t18-,22-/m1/s1. The molecule has 0 radical (unpaired) electrons. The highest BCUT2D eigenvalue weighted by molar-refractivity contribution is 5.53. The Morgan fingerprint density at radius 2 is 1.85 bits per heavy atom. The van der Waals surface area contributed by atoms with E-state index in [1.54, 1.807) is 12.1 Å². The van der Waals surface area contributed by atoms with Crippen LogP contribution in [0, 0.1) is 18.7 Å². The summed E-state index contributed by atoms with van der Waals surface area (Å²) in [6, 6.07) is 9.67. The smallest absolute Gasteiger partial charge is 0.123 e. The third-order valence-electron chi connectivity index (χ3n) is 6.16. The Labute approximate surface area is 160 Å². The Kier molecular flexibility index (Phi) is 5.41. The fourth-order valence-corrected chi connectivity index (χ4v) is 4.65. The number of aryl methyl sites for hydroxylation is 1. The van der Waals surface area contributed by atoms with Crippen molar-refractivity contribution >= 4 is 5.69 Å². The van der Waals surface area contributed by atoms with Gasteiger partial charge in [0, 0.05) is 56.2 Å². The second-order valence-corrected chi connectivity index (χ2v) is 7.99. The molecule has 2 fully saturated rings. The molecular weight excluding hydrogens is 341 g/mol. The van der Waals surface area contributed by atoms with Crippen LogP contribution in [0.15, 0.2) is 42.7 Å². The molecule has 3 heterocycles. The van der Waals surface area contributed by atoms with Crippen LogP contribution in [-0.2, 0) is 6.42 Å². The summed E-state index contributed by atoms with van der Waals surface area (Å²) >= 11 is 0. The van der Waals surface area contributed by atoms with Crippen molar-refractivity contribution in [3.63, 3.8) is 0 Å². The number of rotatable bonds is 4. The predicted molar refractivity (Wildman–Crippen MR) is 105 cm³/mol. The molecule has 0 bridgehead atoms. The Bertz CT molecular complexity index is 761. The maximum Gasteiger partial charge on any atom is 0.123 e. The molecule has 27 heavy (non-hydrogen) atoms. The van der Waals surface area contributed by atoms with E-state index in [0.29, 0.717) is 12.0 Å². The fourth-order valence-electron chi connectivity index (χ4n) is 4.65. The number of halogens is 1. The minimum Gasteiger partial charge on any atom is -0.391 e. The van der Waals surface area contributed by atoms with Gasteiger partial charge in [-0.15, -0.1) is 0 Å². The average molecular weight is 369 g/mol. The highest BCUT2D eigenvalue weighted by Gasteiger charge is 2.36. The zero-order valence-corrected chi connectivity index (χ0v) is 15.9. The van der Waals surface area contributed by atoms with Crippen LogP contribution in [0.2, 0.25) is 0 Å². The van der Waals surface area contributed by atoms with Gasteiger partial charge in [-0.3, -0.25) is 9.88 Å². The number of aromatic nitrogens is 1. The number of hydrogen-bond acceptors (Lipinski definition) is 4. The number of hydrogen-bond donors (Lipinski definition) is 1. The van der Waals surface area contributed by atoms with Gasteiger partial charge < -0.3 is 10.0 Å². The van der Waals surface area contributed by atoms with Gasteiger partial charge in [-0.1, -0.05) is 0 Å². The molecule has 2 atom stereocenters. The molecule has 1 aromatic heterocycles. The van der Waals surface area contributed by atoms with Crippen LogP contribution >= 0.6 is 0 Å². The zero-order valence-electron chi connectivity index (χ0n) is 15.9. The molecule has 5 heteroatoms. The minimum atomic E-state index is -0.254. The Morgan fingerprint density at radius 3 is 2.56 bits per heavy atom. The monoisotopic (exact) mass is 369 g/mol. The molecule has 2 aromatic rings. The zero-order chi connectivity index (χ0) is 18.8. The Balaban J connectivity index is 1.33. The van der Waals surface area contributed by atoms with E-state index in [1.165, 1.54) is 5.56 Å². The number of nitrogens with zero attached hydrogens (tertiary/aromatic N) is 3. The van der Waals surface area contributed by atoms with E-state index in [0.717, 1.165) is 56.7 Å². The molecule has 144 valence electrons. The molecule has 1 N–H and O–H groups in total. The summed E-state index contributed by atoms with van der Waals surface area (Å²) in [5.41, 5.74) is 3.40. The number of aliphatic hydroxyl groups is 1. The normalized spacial score (nSPS) is 24.5. The number of aliphatic hydroxyl groups excluding tert-OH is 1. The van der Waals surface area contributed by atoms with Crippen molar-refractivity contribution in [2.45, 2.75) is 38.3 Å². The fraction of sp³-hybridized carbons (Fsp3) is 0.500. The number of pyridine rings is 1. The van der Waals surface area contributed by atoms with E-state index < -0.39 is 0 Å². The van der Waals surface area contributed by atoms with E-state index in [-0.39, 0.29) is 11.9 Å². The van der Waals surface area contributed by atoms with Gasteiger partial charge in [0.15, 0.2) is 0 Å². The highest BCUT2D eigenvalue weighted by atomic mass is 19.1. The van der Waals surface area contributed by atoms with Crippen LogP contribution in [0.1, 0.15) is 24.0 Å². The number of benzene rings is 1. The summed E-state index contributed by atoms with van der Waals surface area (Å²) in [4.78, 5) is 8.92. The first-order chi connectivity index (χ1) is 13.1. The molecule has 1 aromatic carbocycles. The summed E-state index contributed by atoms with van der Waals surface area (Å²) in [5.74, 6) is 0.127. The maximum atomic E-state index is 13.4. The summed E-state index contributed by atoms with van der Waals surface area (Å²) in [6.45, 7) is 5.68. The maximum absolute atomic E-state index is 13.4. The molecule has 2 saturated heterocycles. The molecule has 4 nitrogen and oxygen atoms in total. The molecular formula is C22H28FN3O. The average Bonchev–Trinajstić information content (AvgIpc) is 3.03. The van der Waals surface area contributed by atoms with Gasteiger partial charge in [0.05, 0.1) is 6.10 Å². The van der Waals surface area contributed by atoms with Gasteiger partial charge in [0.2, 0.25) is 0 Å². The van der Waals surface area contributed by atoms with E-state index in [9.17, 15) is 9.50 Å². The van der Waals surface area contributed by atoms with Gasteiger partial charge in [0.25, 0.3) is 0 Å². The van der Waals surface area contributed by atoms with Crippen LogP contribution in [0.3, 0.4) is 0 Å². The van der Waals surface area contributed by atoms with Gasteiger partial charge in [-0.25, -0.2) is 4.39 Å². The van der Waals surface area contributed by atoms with E-state index in [4.69, 9.17) is 0 Å². The Morgan fingerprint density at radius 1 is 1.11 bits per heavy atom. The van der Waals surface area contributed by atoms with Crippen LogP contribution in [-0.4, -0.2) is 53.3 Å². The van der Waals surface area contributed by atoms with Crippen molar-refractivity contribution in [2.24, 2.45) is 5.92 Å². The first kappa shape index (κ1) is 18.4.